The molecule has 31 heavy (non-hydrogen) atoms. The summed E-state index contributed by atoms with van der Waals surface area (Å²) in [6.45, 7) is 3.82. The van der Waals surface area contributed by atoms with E-state index in [1.165, 1.54) is 4.31 Å². The first-order chi connectivity index (χ1) is 14.8. The number of piperidine rings is 1. The number of pyridine rings is 1. The fourth-order valence-corrected chi connectivity index (χ4v) is 5.88. The predicted octanol–water partition coefficient (Wildman–Crippen LogP) is 1.50. The summed E-state index contributed by atoms with van der Waals surface area (Å²) in [5.74, 6) is 0.870. The number of hydrogen-bond donors (Lipinski definition) is 1. The topological polar surface area (TPSA) is 106 Å². The van der Waals surface area contributed by atoms with Gasteiger partial charge < -0.3 is 14.6 Å². The predicted molar refractivity (Wildman–Crippen MR) is 114 cm³/mol. The summed E-state index contributed by atoms with van der Waals surface area (Å²) >= 11 is 0. The standard InChI is InChI=1S/C21H29N5O4S/c1-16-24-19(15-25(16)2)31(28,29)26-10-6-21(7-11-26)13-17(5-12-30-21)14-23-20(27)18-3-8-22-9-4-18/h3-4,8-9,15,17H,5-7,10-14H2,1-2H3,(H,23,27). The Bertz CT molecular complexity index is 1010. The number of carbonyl (C=O) groups excluding carboxylic acids is 1. The number of imidazole rings is 1. The molecule has 1 spiro atoms. The molecule has 1 N–H and O–H groups in total. The lowest BCUT2D eigenvalue weighted by Crippen LogP contribution is -2.51. The molecule has 2 aliphatic heterocycles. The fourth-order valence-electron chi connectivity index (χ4n) is 4.41. The number of aryl methyl sites for hydroxylation is 2. The van der Waals surface area contributed by atoms with E-state index in [0.29, 0.717) is 56.4 Å². The first-order valence-electron chi connectivity index (χ1n) is 10.6. The Hall–Kier alpha value is -2.30. The van der Waals surface area contributed by atoms with Crippen molar-refractivity contribution in [3.8, 4) is 0 Å². The molecule has 2 aromatic rings. The van der Waals surface area contributed by atoms with Gasteiger partial charge in [-0.15, -0.1) is 0 Å². The summed E-state index contributed by atoms with van der Waals surface area (Å²) in [7, 11) is -1.81. The quantitative estimate of drug-likeness (QED) is 0.745. The van der Waals surface area contributed by atoms with E-state index in [0.717, 1.165) is 12.8 Å². The highest BCUT2D eigenvalue weighted by atomic mass is 32.2. The maximum absolute atomic E-state index is 13.0. The van der Waals surface area contributed by atoms with Crippen LogP contribution in [0.3, 0.4) is 0 Å². The number of ether oxygens (including phenoxy) is 1. The summed E-state index contributed by atoms with van der Waals surface area (Å²) in [5.41, 5.74) is 0.274. The molecule has 1 amide bonds. The Morgan fingerprint density at radius 2 is 2.00 bits per heavy atom. The zero-order chi connectivity index (χ0) is 22.1. The molecule has 0 aliphatic carbocycles. The molecule has 2 saturated heterocycles. The van der Waals surface area contributed by atoms with Gasteiger partial charge in [0.2, 0.25) is 0 Å². The number of rotatable bonds is 5. The summed E-state index contributed by atoms with van der Waals surface area (Å²) in [6, 6.07) is 3.39. The van der Waals surface area contributed by atoms with E-state index in [2.05, 4.69) is 15.3 Å². The van der Waals surface area contributed by atoms with Crippen molar-refractivity contribution in [3.63, 3.8) is 0 Å². The first kappa shape index (κ1) is 21.9. The summed E-state index contributed by atoms with van der Waals surface area (Å²) in [4.78, 5) is 20.4. The van der Waals surface area contributed by atoms with Gasteiger partial charge in [0.05, 0.1) is 5.60 Å². The average Bonchev–Trinajstić information content (AvgIpc) is 3.12. The molecule has 2 fully saturated rings. The summed E-state index contributed by atoms with van der Waals surface area (Å²) in [6.07, 6.45) is 7.76. The molecular formula is C21H29N5O4S. The largest absolute Gasteiger partial charge is 0.375 e. The third-order valence-electron chi connectivity index (χ3n) is 6.41. The first-order valence-corrected chi connectivity index (χ1v) is 12.1. The molecule has 2 aromatic heterocycles. The smallest absolute Gasteiger partial charge is 0.262 e. The van der Waals surface area contributed by atoms with Crippen molar-refractivity contribution < 1.29 is 17.9 Å². The molecule has 1 atom stereocenters. The van der Waals surface area contributed by atoms with Crippen LogP contribution >= 0.6 is 0 Å². The normalized spacial score (nSPS) is 21.8. The molecule has 168 valence electrons. The van der Waals surface area contributed by atoms with Gasteiger partial charge in [0.15, 0.2) is 5.03 Å². The van der Waals surface area contributed by atoms with E-state index in [4.69, 9.17) is 4.74 Å². The van der Waals surface area contributed by atoms with Gasteiger partial charge >= 0.3 is 0 Å². The van der Waals surface area contributed by atoms with Gasteiger partial charge in [0.1, 0.15) is 5.82 Å². The lowest BCUT2D eigenvalue weighted by atomic mass is 9.80. The number of hydrogen-bond acceptors (Lipinski definition) is 6. The number of amides is 1. The van der Waals surface area contributed by atoms with Crippen molar-refractivity contribution in [3.05, 3.63) is 42.1 Å². The van der Waals surface area contributed by atoms with Crippen LogP contribution in [0.15, 0.2) is 35.7 Å². The number of carbonyl (C=O) groups is 1. The SMILES string of the molecule is Cc1nc(S(=O)(=O)N2CCC3(CC2)CC(CNC(=O)c2ccncc2)CCO3)cn1C. The van der Waals surface area contributed by atoms with Gasteiger partial charge in [0.25, 0.3) is 15.9 Å². The molecule has 0 bridgehead atoms. The lowest BCUT2D eigenvalue weighted by Gasteiger charge is -2.45. The maximum Gasteiger partial charge on any atom is 0.262 e. The van der Waals surface area contributed by atoms with Gasteiger partial charge in [-0.2, -0.15) is 4.31 Å². The van der Waals surface area contributed by atoms with Gasteiger partial charge in [-0.3, -0.25) is 9.78 Å². The van der Waals surface area contributed by atoms with Crippen molar-refractivity contribution in [2.75, 3.05) is 26.2 Å². The van der Waals surface area contributed by atoms with E-state index in [9.17, 15) is 13.2 Å². The lowest BCUT2D eigenvalue weighted by molar-refractivity contribution is -0.119. The number of nitrogens with zero attached hydrogens (tertiary/aromatic N) is 4. The second kappa shape index (κ2) is 8.68. The van der Waals surface area contributed by atoms with Crippen LogP contribution in [-0.2, 0) is 21.8 Å². The van der Waals surface area contributed by atoms with E-state index >= 15 is 0 Å². The molecule has 2 aliphatic rings. The number of sulfonamides is 1. The van der Waals surface area contributed by atoms with Crippen LogP contribution in [0.25, 0.3) is 0 Å². The Morgan fingerprint density at radius 1 is 1.29 bits per heavy atom. The van der Waals surface area contributed by atoms with Gasteiger partial charge in [-0.05, 0) is 50.7 Å². The van der Waals surface area contributed by atoms with Crippen LogP contribution in [0.5, 0.6) is 0 Å². The summed E-state index contributed by atoms with van der Waals surface area (Å²) in [5, 5.41) is 3.12. The molecule has 0 radical (unpaired) electrons. The maximum atomic E-state index is 13.0. The molecule has 1 unspecified atom stereocenters. The fraction of sp³-hybridized carbons (Fsp3) is 0.571. The van der Waals surface area contributed by atoms with E-state index in [1.54, 1.807) is 49.3 Å². The van der Waals surface area contributed by atoms with Crippen LogP contribution in [0, 0.1) is 12.8 Å². The van der Waals surface area contributed by atoms with E-state index in [-0.39, 0.29) is 16.5 Å². The Labute approximate surface area is 182 Å². The molecule has 9 nitrogen and oxygen atoms in total. The molecule has 4 heterocycles. The number of aromatic nitrogens is 3. The van der Waals surface area contributed by atoms with Crippen molar-refractivity contribution >= 4 is 15.9 Å². The van der Waals surface area contributed by atoms with E-state index < -0.39 is 10.0 Å². The van der Waals surface area contributed by atoms with Crippen LogP contribution in [0.4, 0.5) is 0 Å². The van der Waals surface area contributed by atoms with Crippen LogP contribution in [0.2, 0.25) is 0 Å². The second-order valence-corrected chi connectivity index (χ2v) is 10.4. The Kier molecular flexibility index (Phi) is 6.14. The highest BCUT2D eigenvalue weighted by Crippen LogP contribution is 2.38. The van der Waals surface area contributed by atoms with Crippen molar-refractivity contribution in [2.45, 2.75) is 43.2 Å². The molecule has 0 aromatic carbocycles. The minimum atomic E-state index is -3.60. The minimum Gasteiger partial charge on any atom is -0.375 e. The monoisotopic (exact) mass is 447 g/mol. The Morgan fingerprint density at radius 3 is 2.65 bits per heavy atom. The van der Waals surface area contributed by atoms with E-state index in [1.807, 2.05) is 0 Å². The van der Waals surface area contributed by atoms with Crippen molar-refractivity contribution in [1.82, 2.24) is 24.2 Å². The highest BCUT2D eigenvalue weighted by Gasteiger charge is 2.43. The Balaban J connectivity index is 1.34. The molecule has 10 heteroatoms. The van der Waals surface area contributed by atoms with Crippen molar-refractivity contribution in [1.29, 1.82) is 0 Å². The molecular weight excluding hydrogens is 418 g/mol. The second-order valence-electron chi connectivity index (χ2n) is 8.48. The average molecular weight is 448 g/mol. The number of nitrogens with one attached hydrogen (secondary N) is 1. The highest BCUT2D eigenvalue weighted by molar-refractivity contribution is 7.89. The zero-order valence-corrected chi connectivity index (χ0v) is 18.8. The van der Waals surface area contributed by atoms with Crippen LogP contribution < -0.4 is 5.32 Å². The minimum absolute atomic E-state index is 0.102. The van der Waals surface area contributed by atoms with Crippen LogP contribution in [-0.4, -0.2) is 65.0 Å². The van der Waals surface area contributed by atoms with Gasteiger partial charge in [-0.1, -0.05) is 0 Å². The summed E-state index contributed by atoms with van der Waals surface area (Å²) < 4.78 is 35.3. The van der Waals surface area contributed by atoms with Crippen molar-refractivity contribution in [2.24, 2.45) is 13.0 Å². The molecule has 0 saturated carbocycles. The van der Waals surface area contributed by atoms with Crippen LogP contribution in [0.1, 0.15) is 41.9 Å². The third kappa shape index (κ3) is 4.65. The van der Waals surface area contributed by atoms with Gasteiger partial charge in [-0.25, -0.2) is 13.4 Å². The molecule has 4 rings (SSSR count). The van der Waals surface area contributed by atoms with Gasteiger partial charge in [0, 0.05) is 57.4 Å². The third-order valence-corrected chi connectivity index (χ3v) is 8.18. The zero-order valence-electron chi connectivity index (χ0n) is 18.0.